The van der Waals surface area contributed by atoms with Gasteiger partial charge >= 0.3 is 44.8 Å². The molecule has 4 heteroatoms. The fraction of sp³-hybridized carbons (Fsp3) is 0.0833. The molecule has 262 valence electrons. The summed E-state index contributed by atoms with van der Waals surface area (Å²) >= 11 is 0. The molecule has 8 rings (SSSR count). The fourth-order valence-electron chi connectivity index (χ4n) is 6.42. The van der Waals surface area contributed by atoms with Crippen LogP contribution in [0.25, 0.3) is 43.1 Å². The van der Waals surface area contributed by atoms with Crippen LogP contribution in [0.1, 0.15) is 11.1 Å². The van der Waals surface area contributed by atoms with Gasteiger partial charge in [0, 0.05) is 15.8 Å². The molecule has 0 nitrogen and oxygen atoms in total. The minimum Gasteiger partial charge on any atom is -0.366 e. The molecule has 0 aromatic heterocycles. The molecule has 2 unspecified atom stereocenters. The quantitative estimate of drug-likeness (QED) is 0.0530. The third-order valence-corrected chi connectivity index (χ3v) is 14.4. The summed E-state index contributed by atoms with van der Waals surface area (Å²) in [4.78, 5) is 0. The van der Waals surface area contributed by atoms with Gasteiger partial charge in [-0.25, -0.2) is 0 Å². The molecule has 0 aliphatic rings. The minimum absolute atomic E-state index is 0. The standard InChI is InChI=1S/C16H20P2.2C16H9.2Au/c1-17(15-9-5-3-6-10-15)13-14-18(2)16-11-7-4-8-12-16;2*1-2-12-11-13-7-3-4-9-15(13)16-10-6-5-8-14(12)16;;/h3-12H,13-14H2,1-2H3;2*3-11H;;/q;2*-1;2*+1/p+2. The van der Waals surface area contributed by atoms with Gasteiger partial charge < -0.3 is 12.8 Å². The Balaban J connectivity index is 0.000000171. The first kappa shape index (κ1) is 41.0. The van der Waals surface area contributed by atoms with Crippen LogP contribution in [-0.4, -0.2) is 25.7 Å². The maximum absolute atomic E-state index is 7.35. The fourth-order valence-corrected chi connectivity index (χ4v) is 11.5. The molecule has 2 atom stereocenters. The second-order valence-electron chi connectivity index (χ2n) is 12.4. The van der Waals surface area contributed by atoms with E-state index in [1.54, 1.807) is 10.6 Å². The van der Waals surface area contributed by atoms with Gasteiger partial charge in [0.15, 0.2) is 0 Å². The molecule has 0 radical (unpaired) electrons. The predicted molar refractivity (Wildman–Crippen MR) is 226 cm³/mol. The van der Waals surface area contributed by atoms with Crippen molar-refractivity contribution in [3.05, 3.63) is 194 Å². The van der Waals surface area contributed by atoms with Gasteiger partial charge in [0.2, 0.25) is 0 Å². The summed E-state index contributed by atoms with van der Waals surface area (Å²) in [7, 11) is -0.688. The van der Waals surface area contributed by atoms with Crippen molar-refractivity contribution in [2.24, 2.45) is 0 Å². The molecule has 8 aromatic rings. The molecule has 0 spiro atoms. The van der Waals surface area contributed by atoms with Crippen molar-refractivity contribution >= 4 is 69.5 Å². The molecule has 0 heterocycles. The first-order valence-electron chi connectivity index (χ1n) is 17.0. The third-order valence-electron chi connectivity index (χ3n) is 9.21. The maximum Gasteiger partial charge on any atom is 1.00 e. The molecule has 0 N–H and O–H groups in total. The van der Waals surface area contributed by atoms with Crippen LogP contribution >= 0.6 is 15.8 Å². The molecule has 0 fully saturated rings. The molecular weight excluding hydrogens is 1030 g/mol. The van der Waals surface area contributed by atoms with Crippen molar-refractivity contribution < 1.29 is 44.8 Å². The minimum atomic E-state index is -0.344. The van der Waals surface area contributed by atoms with Crippen molar-refractivity contribution in [2.45, 2.75) is 0 Å². The van der Waals surface area contributed by atoms with E-state index in [0.717, 1.165) is 32.7 Å². The van der Waals surface area contributed by atoms with Crippen molar-refractivity contribution in [1.82, 2.24) is 0 Å². The average molecular weight is 1070 g/mol. The van der Waals surface area contributed by atoms with Crippen molar-refractivity contribution in [1.29, 1.82) is 0 Å². The molecule has 0 saturated heterocycles. The van der Waals surface area contributed by atoms with Crippen molar-refractivity contribution in [3.63, 3.8) is 0 Å². The number of rotatable bonds is 5. The van der Waals surface area contributed by atoms with Crippen LogP contribution in [-0.2, 0) is 44.8 Å². The van der Waals surface area contributed by atoms with E-state index in [0.29, 0.717) is 0 Å². The Hall–Kier alpha value is -3.74. The normalized spacial score (nSPS) is 11.3. The van der Waals surface area contributed by atoms with Gasteiger partial charge in [0.05, 0.1) is 36.3 Å². The third kappa shape index (κ3) is 10.0. The van der Waals surface area contributed by atoms with E-state index >= 15 is 0 Å². The summed E-state index contributed by atoms with van der Waals surface area (Å²) in [5.74, 6) is 5.02. The van der Waals surface area contributed by atoms with E-state index in [1.165, 1.54) is 33.9 Å². The summed E-state index contributed by atoms with van der Waals surface area (Å²) in [6, 6.07) is 58.9. The van der Waals surface area contributed by atoms with Crippen LogP contribution in [0.5, 0.6) is 0 Å². The van der Waals surface area contributed by atoms with Crippen LogP contribution in [0.2, 0.25) is 0 Å². The van der Waals surface area contributed by atoms with E-state index in [2.05, 4.69) is 122 Å². The van der Waals surface area contributed by atoms with Gasteiger partial charge in [-0.2, -0.15) is 0 Å². The van der Waals surface area contributed by atoms with E-state index in [-0.39, 0.29) is 60.6 Å². The van der Waals surface area contributed by atoms with Crippen LogP contribution in [0, 0.1) is 24.7 Å². The zero-order chi connectivity index (χ0) is 34.7. The Morgan fingerprint density at radius 2 is 0.673 bits per heavy atom. The number of hydrogen-bond acceptors (Lipinski definition) is 0. The topological polar surface area (TPSA) is 0 Å². The molecule has 52 heavy (non-hydrogen) atoms. The summed E-state index contributed by atoms with van der Waals surface area (Å²) in [5.41, 5.74) is 1.71. The van der Waals surface area contributed by atoms with Gasteiger partial charge in [-0.3, -0.25) is 11.8 Å². The zero-order valence-corrected chi connectivity index (χ0v) is 35.5. The van der Waals surface area contributed by atoms with E-state index in [1.807, 2.05) is 72.8 Å². The molecule has 0 bridgehead atoms. The molecule has 0 aliphatic carbocycles. The van der Waals surface area contributed by atoms with E-state index < -0.39 is 0 Å². The largest absolute Gasteiger partial charge is 1.00 e. The van der Waals surface area contributed by atoms with Crippen LogP contribution < -0.4 is 10.6 Å². The SMILES string of the molecule is C[PH+](CC[PH+](C)c1ccccc1)c1ccccc1.[Au+].[Au+].[C-]#Cc1cc2ccccc2c2ccccc12.[C-]#Cc1cc2ccccc2c2ccccc12. The van der Waals surface area contributed by atoms with Gasteiger partial charge in [-0.05, 0) is 56.6 Å². The Morgan fingerprint density at radius 1 is 0.385 bits per heavy atom. The van der Waals surface area contributed by atoms with Gasteiger partial charge in [0.1, 0.15) is 0 Å². The number of benzene rings is 8. The average Bonchev–Trinajstić information content (AvgIpc) is 3.20. The van der Waals surface area contributed by atoms with Crippen molar-refractivity contribution in [2.75, 3.05) is 25.7 Å². The Morgan fingerprint density at radius 3 is 1.02 bits per heavy atom. The van der Waals surface area contributed by atoms with Gasteiger partial charge in [-0.15, -0.1) is 23.3 Å². The zero-order valence-electron chi connectivity index (χ0n) is 29.2. The van der Waals surface area contributed by atoms with E-state index in [4.69, 9.17) is 12.8 Å². The van der Waals surface area contributed by atoms with Crippen LogP contribution in [0.15, 0.2) is 170 Å². The summed E-state index contributed by atoms with van der Waals surface area (Å²) < 4.78 is 0. The maximum atomic E-state index is 7.35. The van der Waals surface area contributed by atoms with Gasteiger partial charge in [-0.1, -0.05) is 144 Å². The first-order chi connectivity index (χ1) is 24.6. The van der Waals surface area contributed by atoms with Crippen LogP contribution in [0.3, 0.4) is 0 Å². The van der Waals surface area contributed by atoms with Crippen LogP contribution in [0.4, 0.5) is 0 Å². The summed E-state index contributed by atoms with van der Waals surface area (Å²) in [6.07, 6.45) is 17.5. The smallest absolute Gasteiger partial charge is 0.366 e. The molecule has 0 saturated carbocycles. The van der Waals surface area contributed by atoms with E-state index in [9.17, 15) is 0 Å². The molecule has 0 aliphatic heterocycles. The van der Waals surface area contributed by atoms with Gasteiger partial charge in [0.25, 0.3) is 0 Å². The second kappa shape index (κ2) is 20.5. The molecule has 8 aromatic carbocycles. The summed E-state index contributed by atoms with van der Waals surface area (Å²) in [6.45, 7) is 4.89. The Kier molecular flexibility index (Phi) is 16.2. The Bertz CT molecular complexity index is 2270. The predicted octanol–water partition coefficient (Wildman–Crippen LogP) is 11.2. The number of fused-ring (bicyclic) bond motifs is 6. The molecular formula is C48H40Au2P2+2. The monoisotopic (exact) mass is 1070 g/mol. The first-order valence-corrected chi connectivity index (χ1v) is 21.4. The number of hydrogen-bond donors (Lipinski definition) is 0. The molecule has 0 amide bonds. The van der Waals surface area contributed by atoms with Crippen molar-refractivity contribution in [3.8, 4) is 11.8 Å². The Labute approximate surface area is 343 Å². The second-order valence-corrected chi connectivity index (χ2v) is 17.7. The summed E-state index contributed by atoms with van der Waals surface area (Å²) in [5, 5.41) is 12.5.